The Balaban J connectivity index is 2.43. The summed E-state index contributed by atoms with van der Waals surface area (Å²) < 4.78 is 0. The predicted octanol–water partition coefficient (Wildman–Crippen LogP) is 4.09. The van der Waals surface area contributed by atoms with Crippen molar-refractivity contribution in [1.29, 1.82) is 0 Å². The van der Waals surface area contributed by atoms with Gasteiger partial charge in [0.25, 0.3) is 0 Å². The van der Waals surface area contributed by atoms with E-state index < -0.39 is 0 Å². The first kappa shape index (κ1) is 10.6. The molecule has 1 aromatic heterocycles. The predicted molar refractivity (Wildman–Crippen MR) is 69.1 cm³/mol. The summed E-state index contributed by atoms with van der Waals surface area (Å²) in [5, 5.41) is 0. The molecule has 1 nitrogen and oxygen atoms in total. The van der Waals surface area contributed by atoms with Gasteiger partial charge in [-0.15, -0.1) is 0 Å². The van der Waals surface area contributed by atoms with Gasteiger partial charge >= 0.3 is 0 Å². The van der Waals surface area contributed by atoms with Crippen LogP contribution in [0.15, 0.2) is 49.2 Å². The molecule has 0 amide bonds. The molecule has 0 fully saturated rings. The summed E-state index contributed by atoms with van der Waals surface area (Å²) in [4.78, 5) is 4.40. The van der Waals surface area contributed by atoms with Crippen LogP contribution >= 0.6 is 0 Å². The Labute approximate surface area is 96.5 Å². The summed E-state index contributed by atoms with van der Waals surface area (Å²) in [6.07, 6.45) is 1.83. The van der Waals surface area contributed by atoms with E-state index in [9.17, 15) is 0 Å². The van der Waals surface area contributed by atoms with Gasteiger partial charge in [0.1, 0.15) is 0 Å². The van der Waals surface area contributed by atoms with E-state index in [0.717, 1.165) is 16.8 Å². The van der Waals surface area contributed by atoms with Gasteiger partial charge in [-0.25, -0.2) is 0 Å². The summed E-state index contributed by atoms with van der Waals surface area (Å²) in [5.41, 5.74) is 5.67. The fourth-order valence-corrected chi connectivity index (χ4v) is 1.70. The average Bonchev–Trinajstić information content (AvgIpc) is 2.30. The molecule has 1 heteroatoms. The Morgan fingerprint density at radius 1 is 1.12 bits per heavy atom. The van der Waals surface area contributed by atoms with Crippen molar-refractivity contribution in [1.82, 2.24) is 4.98 Å². The molecule has 0 saturated heterocycles. The molecule has 16 heavy (non-hydrogen) atoms. The molecular weight excluding hydrogens is 194 g/mol. The molecule has 0 aliphatic rings. The highest BCUT2D eigenvalue weighted by Gasteiger charge is 2.02. The molecule has 2 rings (SSSR count). The van der Waals surface area contributed by atoms with Crippen molar-refractivity contribution in [2.75, 3.05) is 0 Å². The van der Waals surface area contributed by atoms with Gasteiger partial charge < -0.3 is 0 Å². The molecule has 0 aliphatic heterocycles. The molecule has 0 radical (unpaired) electrons. The molecule has 1 heterocycles. The minimum Gasteiger partial charge on any atom is -0.256 e. The number of benzene rings is 1. The molecule has 0 unspecified atom stereocenters. The van der Waals surface area contributed by atoms with Crippen LogP contribution in [0.1, 0.15) is 18.1 Å². The molecule has 80 valence electrons. The fourth-order valence-electron chi connectivity index (χ4n) is 1.70. The molecular formula is C15H15N. The van der Waals surface area contributed by atoms with Gasteiger partial charge in [0.05, 0.1) is 5.69 Å². The van der Waals surface area contributed by atoms with Gasteiger partial charge in [-0.1, -0.05) is 42.5 Å². The first-order chi connectivity index (χ1) is 7.68. The Hall–Kier alpha value is -1.89. The van der Waals surface area contributed by atoms with Crippen LogP contribution in [0, 0.1) is 6.92 Å². The number of hydrogen-bond donors (Lipinski definition) is 0. The van der Waals surface area contributed by atoms with Gasteiger partial charge in [0.2, 0.25) is 0 Å². The third-order valence-corrected chi connectivity index (χ3v) is 2.66. The van der Waals surface area contributed by atoms with E-state index in [0.29, 0.717) is 0 Å². The van der Waals surface area contributed by atoms with E-state index in [1.165, 1.54) is 11.1 Å². The van der Waals surface area contributed by atoms with E-state index in [1.807, 2.05) is 19.2 Å². The summed E-state index contributed by atoms with van der Waals surface area (Å²) in [6.45, 7) is 8.02. The highest BCUT2D eigenvalue weighted by Crippen LogP contribution is 2.22. The number of hydrogen-bond acceptors (Lipinski definition) is 1. The van der Waals surface area contributed by atoms with Crippen molar-refractivity contribution >= 4 is 5.57 Å². The monoisotopic (exact) mass is 209 g/mol. The van der Waals surface area contributed by atoms with Crippen molar-refractivity contribution in [2.24, 2.45) is 0 Å². The maximum absolute atomic E-state index is 4.40. The molecule has 0 N–H and O–H groups in total. The highest BCUT2D eigenvalue weighted by molar-refractivity contribution is 5.68. The van der Waals surface area contributed by atoms with Crippen molar-refractivity contribution < 1.29 is 0 Å². The quantitative estimate of drug-likeness (QED) is 0.726. The zero-order chi connectivity index (χ0) is 11.5. The summed E-state index contributed by atoms with van der Waals surface area (Å²) in [7, 11) is 0. The zero-order valence-electron chi connectivity index (χ0n) is 9.70. The lowest BCUT2D eigenvalue weighted by Crippen LogP contribution is -1.87. The molecule has 0 spiro atoms. The fraction of sp³-hybridized carbons (Fsp3) is 0.133. The van der Waals surface area contributed by atoms with Crippen LogP contribution in [0.2, 0.25) is 0 Å². The Morgan fingerprint density at radius 2 is 1.81 bits per heavy atom. The smallest absolute Gasteiger partial charge is 0.0731 e. The largest absolute Gasteiger partial charge is 0.256 e. The average molecular weight is 209 g/mol. The highest BCUT2D eigenvalue weighted by atomic mass is 14.7. The zero-order valence-corrected chi connectivity index (χ0v) is 9.70. The van der Waals surface area contributed by atoms with Gasteiger partial charge in [-0.2, -0.15) is 0 Å². The van der Waals surface area contributed by atoms with Crippen LogP contribution in [0.4, 0.5) is 0 Å². The SMILES string of the molecule is C=C(C)c1ccc(-c2ncccc2C)cc1. The summed E-state index contributed by atoms with van der Waals surface area (Å²) >= 11 is 0. The number of nitrogens with zero attached hydrogens (tertiary/aromatic N) is 1. The molecule has 2 aromatic rings. The third kappa shape index (κ3) is 2.03. The van der Waals surface area contributed by atoms with E-state index in [-0.39, 0.29) is 0 Å². The van der Waals surface area contributed by atoms with Crippen molar-refractivity contribution in [3.8, 4) is 11.3 Å². The van der Waals surface area contributed by atoms with Crippen LogP contribution in [0.3, 0.4) is 0 Å². The maximum Gasteiger partial charge on any atom is 0.0731 e. The first-order valence-corrected chi connectivity index (χ1v) is 5.36. The first-order valence-electron chi connectivity index (χ1n) is 5.36. The second-order valence-electron chi connectivity index (χ2n) is 4.03. The van der Waals surface area contributed by atoms with E-state index >= 15 is 0 Å². The second kappa shape index (κ2) is 4.31. The number of rotatable bonds is 2. The van der Waals surface area contributed by atoms with Crippen LogP contribution in [0.25, 0.3) is 16.8 Å². The van der Waals surface area contributed by atoms with Gasteiger partial charge in [-0.3, -0.25) is 4.98 Å². The summed E-state index contributed by atoms with van der Waals surface area (Å²) in [5.74, 6) is 0. The third-order valence-electron chi connectivity index (χ3n) is 2.66. The lowest BCUT2D eigenvalue weighted by Gasteiger charge is -2.05. The van der Waals surface area contributed by atoms with Gasteiger partial charge in [0, 0.05) is 11.8 Å². The van der Waals surface area contributed by atoms with E-state index in [4.69, 9.17) is 0 Å². The topological polar surface area (TPSA) is 12.9 Å². The van der Waals surface area contributed by atoms with Gasteiger partial charge in [0.15, 0.2) is 0 Å². The Bertz CT molecular complexity index is 509. The minimum absolute atomic E-state index is 1.05. The lowest BCUT2D eigenvalue weighted by molar-refractivity contribution is 1.27. The molecule has 0 atom stereocenters. The molecule has 0 bridgehead atoms. The Morgan fingerprint density at radius 3 is 2.38 bits per heavy atom. The maximum atomic E-state index is 4.40. The van der Waals surface area contributed by atoms with Crippen LogP contribution in [-0.4, -0.2) is 4.98 Å². The molecule has 0 saturated carbocycles. The van der Waals surface area contributed by atoms with Crippen LogP contribution in [-0.2, 0) is 0 Å². The van der Waals surface area contributed by atoms with Crippen molar-refractivity contribution in [3.63, 3.8) is 0 Å². The minimum atomic E-state index is 1.05. The number of aromatic nitrogens is 1. The number of allylic oxidation sites excluding steroid dienone is 1. The normalized spacial score (nSPS) is 10.1. The summed E-state index contributed by atoms with van der Waals surface area (Å²) in [6, 6.07) is 12.4. The number of aryl methyl sites for hydroxylation is 1. The standard InChI is InChI=1S/C15H15N/c1-11(2)13-6-8-14(9-7-13)15-12(3)5-4-10-16-15/h4-10H,1H2,2-3H3. The molecule has 0 aliphatic carbocycles. The number of pyridine rings is 1. The van der Waals surface area contributed by atoms with Crippen molar-refractivity contribution in [2.45, 2.75) is 13.8 Å². The van der Waals surface area contributed by atoms with Crippen LogP contribution < -0.4 is 0 Å². The lowest BCUT2D eigenvalue weighted by atomic mass is 10.0. The van der Waals surface area contributed by atoms with Gasteiger partial charge in [-0.05, 0) is 31.0 Å². The van der Waals surface area contributed by atoms with Crippen LogP contribution in [0.5, 0.6) is 0 Å². The van der Waals surface area contributed by atoms with E-state index in [2.05, 4.69) is 48.8 Å². The van der Waals surface area contributed by atoms with E-state index in [1.54, 1.807) is 0 Å². The Kier molecular flexibility index (Phi) is 2.86. The molecule has 1 aromatic carbocycles. The second-order valence-corrected chi connectivity index (χ2v) is 4.03. The van der Waals surface area contributed by atoms with Crippen molar-refractivity contribution in [3.05, 3.63) is 60.3 Å².